The van der Waals surface area contributed by atoms with Crippen molar-refractivity contribution in [3.05, 3.63) is 301 Å². The molecule has 7 aromatic heterocycles. The van der Waals surface area contributed by atoms with Gasteiger partial charge in [-0.25, -0.2) is 0 Å². The molecule has 9 N–H and O–H groups in total. The molecule has 0 radical (unpaired) electrons. The molecule has 5 atom stereocenters. The average molecular weight is 1950 g/mol. The van der Waals surface area contributed by atoms with Gasteiger partial charge in [0, 0.05) is 171 Å². The summed E-state index contributed by atoms with van der Waals surface area (Å²) in [6, 6.07) is 56.6. The molecule has 16 heteroatoms. The van der Waals surface area contributed by atoms with Gasteiger partial charge in [0.25, 0.3) is 0 Å². The predicted molar refractivity (Wildman–Crippen MR) is 533 cm³/mol. The molecule has 1 saturated carbocycles. The number of allylic oxidation sites excluding steroid dienone is 4. The van der Waals surface area contributed by atoms with E-state index in [9.17, 15) is 0 Å². The maximum atomic E-state index is 4.35. The summed E-state index contributed by atoms with van der Waals surface area (Å²) >= 11 is 18.0. The Morgan fingerprint density at radius 2 is 0.885 bits per heavy atom. The molecule has 7 aromatic carbocycles. The summed E-state index contributed by atoms with van der Waals surface area (Å²) in [6.45, 7) is 20.6. The summed E-state index contributed by atoms with van der Waals surface area (Å²) in [7, 11) is 2.16. The van der Waals surface area contributed by atoms with Crippen molar-refractivity contribution in [1.29, 1.82) is 0 Å². The Labute approximate surface area is 763 Å². The molecule has 14 aromatic rings. The maximum Gasteiger partial charge on any atom is 0.0737 e. The van der Waals surface area contributed by atoms with E-state index in [1.54, 1.807) is 5.56 Å². The van der Waals surface area contributed by atoms with Gasteiger partial charge in [0.1, 0.15) is 0 Å². The van der Waals surface area contributed by atoms with Gasteiger partial charge in [-0.2, -0.15) is 0 Å². The van der Waals surface area contributed by atoms with Crippen LogP contribution in [0.3, 0.4) is 0 Å². The molecule has 8 aliphatic carbocycles. The Bertz CT molecular complexity index is 6120. The number of hydrogen-bond donors (Lipinski definition) is 9. The van der Waals surface area contributed by atoms with Gasteiger partial charge < -0.3 is 55.3 Å². The third-order valence-corrected chi connectivity index (χ3v) is 29.9. The third-order valence-electron chi connectivity index (χ3n) is 27.5. The molecule has 0 bridgehead atoms. The van der Waals surface area contributed by atoms with Crippen LogP contribution in [0.2, 0.25) is 0 Å². The summed E-state index contributed by atoms with van der Waals surface area (Å²) in [5, 5.41) is 19.6. The number of rotatable bonds is 14. The highest BCUT2D eigenvalue weighted by atomic mass is 79.9. The van der Waals surface area contributed by atoms with Gasteiger partial charge >= 0.3 is 0 Å². The molecule has 634 valence electrons. The number of nitrogens with one attached hydrogen (secondary N) is 9. The smallest absolute Gasteiger partial charge is 0.0737 e. The zero-order chi connectivity index (χ0) is 84.1. The molecule has 5 unspecified atom stereocenters. The number of H-pyrrole nitrogens is 6. The van der Waals surface area contributed by atoms with E-state index in [0.29, 0.717) is 30.2 Å². The van der Waals surface area contributed by atoms with Gasteiger partial charge in [0.2, 0.25) is 0 Å². The van der Waals surface area contributed by atoms with E-state index in [1.807, 2.05) is 6.07 Å². The molecular formula is C106H120Br5N11. The van der Waals surface area contributed by atoms with E-state index in [-0.39, 0.29) is 0 Å². The van der Waals surface area contributed by atoms with E-state index >= 15 is 0 Å². The van der Waals surface area contributed by atoms with Crippen LogP contribution in [-0.4, -0.2) is 66.1 Å². The number of aryl methyl sites for hydroxylation is 9. The van der Waals surface area contributed by atoms with E-state index < -0.39 is 0 Å². The molecule has 11 nitrogen and oxygen atoms in total. The van der Waals surface area contributed by atoms with E-state index in [4.69, 9.17) is 0 Å². The van der Waals surface area contributed by atoms with Crippen molar-refractivity contribution in [3.8, 4) is 0 Å². The van der Waals surface area contributed by atoms with E-state index in [0.717, 1.165) is 63.8 Å². The topological polar surface area (TPSA) is 139 Å². The van der Waals surface area contributed by atoms with Gasteiger partial charge in [-0.05, 0) is 341 Å². The second kappa shape index (κ2) is 39.3. The number of hydrogen-bond acceptors (Lipinski definition) is 4. The first kappa shape index (κ1) is 86.2. The maximum absolute atomic E-state index is 4.35. The van der Waals surface area contributed by atoms with Crippen molar-refractivity contribution < 1.29 is 0 Å². The summed E-state index contributed by atoms with van der Waals surface area (Å²) in [4.78, 5) is 24.2. The van der Waals surface area contributed by atoms with Gasteiger partial charge in [-0.3, -0.25) is 0 Å². The number of halogens is 5. The largest absolute Gasteiger partial charge is 0.366 e. The Hall–Kier alpha value is -7.90. The van der Waals surface area contributed by atoms with Crippen molar-refractivity contribution in [1.82, 2.24) is 55.3 Å². The lowest BCUT2D eigenvalue weighted by molar-refractivity contribution is 0.312. The number of unbranched alkanes of at least 4 members (excludes halogenated alkanes) is 1. The number of fused-ring (bicyclic) bond motifs is 18. The summed E-state index contributed by atoms with van der Waals surface area (Å²) in [6.07, 6.45) is 39.4. The Balaban J connectivity index is 0.000000105. The molecule has 0 aliphatic heterocycles. The number of aromatic amines is 6. The number of aromatic nitrogens is 7. The highest BCUT2D eigenvalue weighted by Gasteiger charge is 2.33. The van der Waals surface area contributed by atoms with Crippen LogP contribution in [0.5, 0.6) is 0 Å². The zero-order valence-corrected chi connectivity index (χ0v) is 79.8. The van der Waals surface area contributed by atoms with Crippen LogP contribution >= 0.6 is 79.6 Å². The fraction of sp³-hybridized carbons (Fsp3) is 0.377. The van der Waals surface area contributed by atoms with Crippen molar-refractivity contribution >= 4 is 156 Å². The molecular weight excluding hydrogens is 1830 g/mol. The molecule has 22 rings (SSSR count). The first-order valence-electron chi connectivity index (χ1n) is 45.4. The standard InChI is InChI=1S/C21H21BrN2.C19H25BrN2.2C18H19BrN2.C16H21BrN2.C14H15N/c1-14(15-7-4-3-5-8-15)24(2)20-10-6-9-17-18-13-16(22)11-12-19(18)23-21(17)20;20-14-9-10-17-16(11-14)15-7-4-8-18(19(15)22-17)21-12-13-5-2-1-3-6-13;1-11-6-7-12(2)21(11)17-5-3-4-14-15-10-13(19)8-9-16(15)20-18(14)17;19-13-8-9-16-15(10-13)14-6-3-7-17(18(14)21-16)20-11-12-4-1-2-5-12;1-2-3-9-18-15-6-4-5-12-13-10-11(17)7-8-14(13)19-16(12)15;1-9-6-7-13-12(8-9)11-5-3-4-10(2)14(11)15-13/h3-5,7-8,11-13,20,23H,1,6,9-10H2,2H3;9-11,13,18,21-22H,1-8,12H2;6-10,17,20H,3-5H2,1-2H3;1-2,4,8-10,17,20-21H,3,5-7,11H2;7-8,10,15,18-19H,2-6,9H2,1H3;6-8,15H,2-5H2,1H3. The van der Waals surface area contributed by atoms with Crippen molar-refractivity contribution in [2.24, 2.45) is 5.92 Å². The van der Waals surface area contributed by atoms with Gasteiger partial charge in [-0.1, -0.05) is 191 Å². The lowest BCUT2D eigenvalue weighted by Gasteiger charge is -2.34. The first-order valence-corrected chi connectivity index (χ1v) is 49.4. The zero-order valence-electron chi connectivity index (χ0n) is 71.8. The van der Waals surface area contributed by atoms with Crippen LogP contribution < -0.4 is 16.0 Å². The normalized spacial score (nSPS) is 19.0. The molecule has 1 fully saturated rings. The number of benzene rings is 7. The van der Waals surface area contributed by atoms with Crippen molar-refractivity contribution in [2.45, 2.75) is 225 Å². The fourth-order valence-electron chi connectivity index (χ4n) is 21.1. The van der Waals surface area contributed by atoms with Gasteiger partial charge in [-0.15, -0.1) is 0 Å². The summed E-state index contributed by atoms with van der Waals surface area (Å²) in [5.74, 6) is 0.901. The number of nitrogens with zero attached hydrogens (tertiary/aromatic N) is 2. The molecule has 0 spiro atoms. The average Bonchev–Trinajstić information content (AvgIpc) is 1.62. The molecule has 0 amide bonds. The Morgan fingerprint density at radius 3 is 1.40 bits per heavy atom. The molecule has 8 aliphatic rings. The third kappa shape index (κ3) is 19.1. The van der Waals surface area contributed by atoms with Crippen molar-refractivity contribution in [2.75, 3.05) is 26.7 Å². The van der Waals surface area contributed by atoms with Crippen molar-refractivity contribution in [3.63, 3.8) is 0 Å². The second-order valence-electron chi connectivity index (χ2n) is 35.6. The van der Waals surface area contributed by atoms with Gasteiger partial charge in [0.05, 0.1) is 12.1 Å². The molecule has 7 heterocycles. The first-order chi connectivity index (χ1) is 59.5. The predicted octanol–water partition coefficient (Wildman–Crippen LogP) is 30.0. The quantitative estimate of drug-likeness (QED) is 0.0501. The summed E-state index contributed by atoms with van der Waals surface area (Å²) in [5.41, 5.74) is 34.0. The van der Waals surface area contributed by atoms with E-state index in [1.165, 1.54) is 318 Å². The summed E-state index contributed by atoms with van der Waals surface area (Å²) < 4.78 is 8.30. The fourth-order valence-corrected chi connectivity index (χ4v) is 22.9. The van der Waals surface area contributed by atoms with Crippen LogP contribution in [0.25, 0.3) is 76.7 Å². The minimum atomic E-state index is 0.354. The van der Waals surface area contributed by atoms with Crippen LogP contribution in [0.15, 0.2) is 211 Å². The molecule has 122 heavy (non-hydrogen) atoms. The molecule has 0 saturated heterocycles. The van der Waals surface area contributed by atoms with E-state index in [2.05, 4.69) is 347 Å². The van der Waals surface area contributed by atoms with Crippen LogP contribution in [0.4, 0.5) is 0 Å². The van der Waals surface area contributed by atoms with Crippen LogP contribution in [0.1, 0.15) is 256 Å². The lowest BCUT2D eigenvalue weighted by Crippen LogP contribution is -2.30. The monoisotopic (exact) mass is 1940 g/mol. The Kier molecular flexibility index (Phi) is 27.8. The lowest BCUT2D eigenvalue weighted by atomic mass is 9.88. The highest BCUT2D eigenvalue weighted by molar-refractivity contribution is 9.11. The van der Waals surface area contributed by atoms with Gasteiger partial charge in [0.15, 0.2) is 0 Å². The van der Waals surface area contributed by atoms with Crippen LogP contribution in [-0.2, 0) is 38.5 Å². The van der Waals surface area contributed by atoms with Crippen LogP contribution in [0, 0.1) is 26.7 Å². The minimum absolute atomic E-state index is 0.354. The highest BCUT2D eigenvalue weighted by Crippen LogP contribution is 2.45. The minimum Gasteiger partial charge on any atom is -0.366 e. The second-order valence-corrected chi connectivity index (χ2v) is 40.2. The Morgan fingerprint density at radius 1 is 0.443 bits per heavy atom. The SMILES string of the molecule is Brc1ccc2[nH]c3c(c2c1)CCCC3NCC1=CC=CC1.Brc1ccc2[nH]c3c(c2c1)CCCC3NCC1CCCCC1.C=C(c1ccccc1)N(C)C1CCCc2c1[nH]c1ccc(Br)cc21.C=C1CCCc2c1[nH]c1ccc(C)cc21.CCCCNC1CCCc2c1[nH]c1ccc(Br)cc21.Cc1ccc(C)n1C1CCCc2c1[nH]c1ccc(Br)cc21.